The number of nitrogens with one attached hydrogen (secondary N) is 1. The predicted octanol–water partition coefficient (Wildman–Crippen LogP) is 5.06. The van der Waals surface area contributed by atoms with Crippen molar-refractivity contribution < 1.29 is 14.7 Å². The molecule has 1 atom stereocenters. The lowest BCUT2D eigenvalue weighted by Gasteiger charge is -2.15. The van der Waals surface area contributed by atoms with Crippen molar-refractivity contribution >= 4 is 40.2 Å². The third kappa shape index (κ3) is 4.34. The van der Waals surface area contributed by atoms with Gasteiger partial charge in [0.25, 0.3) is 0 Å². The van der Waals surface area contributed by atoms with E-state index in [0.29, 0.717) is 12.1 Å². The molecular weight excluding hydrogens is 372 g/mol. The maximum absolute atomic E-state index is 12.7. The number of benzene rings is 2. The SMILES string of the molecule is CCC(Sc1cc(C)c2cccc(C)c2n1)C(=O)Nc1ccc(C(=O)O)cc1. The fourth-order valence-electron chi connectivity index (χ4n) is 2.98. The summed E-state index contributed by atoms with van der Waals surface area (Å²) in [4.78, 5) is 28.4. The van der Waals surface area contributed by atoms with Gasteiger partial charge in [0.15, 0.2) is 0 Å². The first-order chi connectivity index (χ1) is 13.4. The molecule has 0 saturated heterocycles. The van der Waals surface area contributed by atoms with E-state index in [0.717, 1.165) is 27.1 Å². The molecule has 6 heteroatoms. The number of anilines is 1. The van der Waals surface area contributed by atoms with Gasteiger partial charge in [-0.1, -0.05) is 36.9 Å². The van der Waals surface area contributed by atoms with E-state index in [4.69, 9.17) is 10.1 Å². The molecule has 0 aliphatic carbocycles. The molecule has 3 rings (SSSR count). The standard InChI is InChI=1S/C22H22N2O3S/c1-4-18(21(25)23-16-10-8-15(9-11-16)22(26)27)28-19-12-14(3)17-7-5-6-13(2)20(17)24-19/h5-12,18H,4H2,1-3H3,(H,23,25)(H,26,27). The number of fused-ring (bicyclic) bond motifs is 1. The average Bonchev–Trinajstić information content (AvgIpc) is 2.67. The number of carboxylic acid groups (broad SMARTS) is 1. The Labute approximate surface area is 168 Å². The highest BCUT2D eigenvalue weighted by Gasteiger charge is 2.20. The second kappa shape index (κ2) is 8.44. The van der Waals surface area contributed by atoms with E-state index in [2.05, 4.69) is 18.3 Å². The van der Waals surface area contributed by atoms with E-state index in [1.807, 2.05) is 32.0 Å². The highest BCUT2D eigenvalue weighted by molar-refractivity contribution is 8.00. The Morgan fingerprint density at radius 1 is 1.11 bits per heavy atom. The third-order valence-electron chi connectivity index (χ3n) is 4.55. The molecule has 0 radical (unpaired) electrons. The fraction of sp³-hybridized carbons (Fsp3) is 0.227. The van der Waals surface area contributed by atoms with E-state index >= 15 is 0 Å². The van der Waals surface area contributed by atoms with E-state index in [1.165, 1.54) is 23.9 Å². The van der Waals surface area contributed by atoms with Crippen molar-refractivity contribution in [2.75, 3.05) is 5.32 Å². The third-order valence-corrected chi connectivity index (χ3v) is 5.83. The van der Waals surface area contributed by atoms with Gasteiger partial charge in [0.1, 0.15) is 0 Å². The molecule has 0 saturated carbocycles. The predicted molar refractivity (Wildman–Crippen MR) is 113 cm³/mol. The van der Waals surface area contributed by atoms with Crippen molar-refractivity contribution in [1.82, 2.24) is 4.98 Å². The number of rotatable bonds is 6. The van der Waals surface area contributed by atoms with Crippen LogP contribution in [0.4, 0.5) is 5.69 Å². The summed E-state index contributed by atoms with van der Waals surface area (Å²) in [7, 11) is 0. The number of thioether (sulfide) groups is 1. The van der Waals surface area contributed by atoms with Crippen LogP contribution in [0.5, 0.6) is 0 Å². The number of aryl methyl sites for hydroxylation is 2. The number of carbonyl (C=O) groups is 2. The fourth-order valence-corrected chi connectivity index (χ4v) is 3.99. The van der Waals surface area contributed by atoms with Crippen LogP contribution < -0.4 is 5.32 Å². The van der Waals surface area contributed by atoms with Crippen LogP contribution in [0.2, 0.25) is 0 Å². The van der Waals surface area contributed by atoms with Gasteiger partial charge >= 0.3 is 5.97 Å². The first kappa shape index (κ1) is 19.9. The minimum atomic E-state index is -0.993. The number of carbonyl (C=O) groups excluding carboxylic acids is 1. The first-order valence-electron chi connectivity index (χ1n) is 9.07. The lowest BCUT2D eigenvalue weighted by molar-refractivity contribution is -0.115. The van der Waals surface area contributed by atoms with Gasteiger partial charge in [-0.05, 0) is 61.7 Å². The molecule has 144 valence electrons. The zero-order chi connectivity index (χ0) is 20.3. The molecule has 1 aromatic heterocycles. The smallest absolute Gasteiger partial charge is 0.335 e. The molecule has 0 bridgehead atoms. The summed E-state index contributed by atoms with van der Waals surface area (Å²) in [6.45, 7) is 6.05. The van der Waals surface area contributed by atoms with Crippen LogP contribution in [0, 0.1) is 13.8 Å². The summed E-state index contributed by atoms with van der Waals surface area (Å²) in [5.41, 5.74) is 3.97. The number of nitrogens with zero attached hydrogens (tertiary/aromatic N) is 1. The molecular formula is C22H22N2O3S. The Bertz CT molecular complexity index is 1030. The van der Waals surface area contributed by atoms with Crippen LogP contribution in [0.25, 0.3) is 10.9 Å². The van der Waals surface area contributed by atoms with Gasteiger partial charge in [-0.2, -0.15) is 0 Å². The number of amides is 1. The lowest BCUT2D eigenvalue weighted by Crippen LogP contribution is -2.24. The van der Waals surface area contributed by atoms with Crippen molar-refractivity contribution in [3.05, 3.63) is 65.2 Å². The molecule has 28 heavy (non-hydrogen) atoms. The highest BCUT2D eigenvalue weighted by Crippen LogP contribution is 2.30. The minimum Gasteiger partial charge on any atom is -0.478 e. The van der Waals surface area contributed by atoms with Gasteiger partial charge in [0, 0.05) is 11.1 Å². The molecule has 1 heterocycles. The van der Waals surface area contributed by atoms with Crippen LogP contribution in [0.3, 0.4) is 0 Å². The van der Waals surface area contributed by atoms with E-state index < -0.39 is 5.97 Å². The highest BCUT2D eigenvalue weighted by atomic mass is 32.2. The summed E-state index contributed by atoms with van der Waals surface area (Å²) in [6.07, 6.45) is 0.649. The maximum Gasteiger partial charge on any atom is 0.335 e. The average molecular weight is 394 g/mol. The van der Waals surface area contributed by atoms with Crippen LogP contribution >= 0.6 is 11.8 Å². The van der Waals surface area contributed by atoms with Crippen molar-refractivity contribution in [3.8, 4) is 0 Å². The van der Waals surface area contributed by atoms with Crippen molar-refractivity contribution in [2.24, 2.45) is 0 Å². The molecule has 0 fully saturated rings. The van der Waals surface area contributed by atoms with Crippen molar-refractivity contribution in [3.63, 3.8) is 0 Å². The van der Waals surface area contributed by atoms with Gasteiger partial charge in [-0.25, -0.2) is 9.78 Å². The molecule has 0 spiro atoms. The number of hydrogen-bond acceptors (Lipinski definition) is 4. The van der Waals surface area contributed by atoms with Gasteiger partial charge in [0.05, 0.1) is 21.4 Å². The monoisotopic (exact) mass is 394 g/mol. The zero-order valence-corrected chi connectivity index (χ0v) is 16.8. The first-order valence-corrected chi connectivity index (χ1v) is 9.95. The second-order valence-corrected chi connectivity index (χ2v) is 7.86. The minimum absolute atomic E-state index is 0.125. The molecule has 0 aliphatic rings. The molecule has 2 N–H and O–H groups in total. The van der Waals surface area contributed by atoms with Crippen molar-refractivity contribution in [2.45, 2.75) is 37.5 Å². The molecule has 0 aliphatic heterocycles. The Kier molecular flexibility index (Phi) is 5.99. The van der Waals surface area contributed by atoms with Gasteiger partial charge in [-0.3, -0.25) is 4.79 Å². The summed E-state index contributed by atoms with van der Waals surface area (Å²) < 4.78 is 0. The molecule has 5 nitrogen and oxygen atoms in total. The Morgan fingerprint density at radius 3 is 2.46 bits per heavy atom. The Hall–Kier alpha value is -2.86. The number of pyridine rings is 1. The molecule has 1 amide bonds. The number of aromatic carboxylic acids is 1. The van der Waals surface area contributed by atoms with Crippen LogP contribution in [0.15, 0.2) is 53.6 Å². The van der Waals surface area contributed by atoms with Gasteiger partial charge in [0.2, 0.25) is 5.91 Å². The molecule has 1 unspecified atom stereocenters. The molecule has 2 aromatic carbocycles. The maximum atomic E-state index is 12.7. The zero-order valence-electron chi connectivity index (χ0n) is 16.0. The largest absolute Gasteiger partial charge is 0.478 e. The number of aromatic nitrogens is 1. The Morgan fingerprint density at radius 2 is 1.82 bits per heavy atom. The Balaban J connectivity index is 1.78. The van der Waals surface area contributed by atoms with Crippen LogP contribution in [-0.4, -0.2) is 27.2 Å². The molecule has 3 aromatic rings. The second-order valence-electron chi connectivity index (χ2n) is 6.63. The summed E-state index contributed by atoms with van der Waals surface area (Å²) >= 11 is 1.44. The summed E-state index contributed by atoms with van der Waals surface area (Å²) in [5, 5.41) is 13.5. The summed E-state index contributed by atoms with van der Waals surface area (Å²) in [5.74, 6) is -1.12. The quantitative estimate of drug-likeness (QED) is 0.571. The van der Waals surface area contributed by atoms with E-state index in [-0.39, 0.29) is 16.7 Å². The number of carboxylic acids is 1. The van der Waals surface area contributed by atoms with Gasteiger partial charge < -0.3 is 10.4 Å². The number of para-hydroxylation sites is 1. The lowest BCUT2D eigenvalue weighted by atomic mass is 10.1. The normalized spacial score (nSPS) is 12.0. The summed E-state index contributed by atoms with van der Waals surface area (Å²) in [6, 6.07) is 14.3. The van der Waals surface area contributed by atoms with E-state index in [1.54, 1.807) is 12.1 Å². The van der Waals surface area contributed by atoms with Crippen molar-refractivity contribution in [1.29, 1.82) is 0 Å². The van der Waals surface area contributed by atoms with Gasteiger partial charge in [-0.15, -0.1) is 0 Å². The van der Waals surface area contributed by atoms with E-state index in [9.17, 15) is 9.59 Å². The van der Waals surface area contributed by atoms with Crippen LogP contribution in [-0.2, 0) is 4.79 Å². The van der Waals surface area contributed by atoms with Crippen LogP contribution in [0.1, 0.15) is 34.8 Å². The number of hydrogen-bond donors (Lipinski definition) is 2. The topological polar surface area (TPSA) is 79.3 Å².